The number of benzene rings is 1. The summed E-state index contributed by atoms with van der Waals surface area (Å²) >= 11 is 1.42. The molecule has 0 bridgehead atoms. The molecule has 3 nitrogen and oxygen atoms in total. The molecule has 0 aliphatic carbocycles. The maximum absolute atomic E-state index is 12.8. The Kier molecular flexibility index (Phi) is 7.52. The van der Waals surface area contributed by atoms with Gasteiger partial charge in [0, 0.05) is 24.7 Å². The van der Waals surface area contributed by atoms with Crippen molar-refractivity contribution < 1.29 is 13.9 Å². The van der Waals surface area contributed by atoms with Crippen molar-refractivity contribution in [2.75, 3.05) is 19.8 Å². The van der Waals surface area contributed by atoms with Gasteiger partial charge in [0.15, 0.2) is 0 Å². The van der Waals surface area contributed by atoms with Crippen LogP contribution in [-0.4, -0.2) is 30.9 Å². The lowest BCUT2D eigenvalue weighted by atomic mass is 10.3. The molecule has 5 heteroatoms. The quantitative estimate of drug-likeness (QED) is 0.589. The number of carbonyl (C=O) groups is 1. The number of hydrogen-bond acceptors (Lipinski definition) is 3. The Hall–Kier alpha value is -1.07. The van der Waals surface area contributed by atoms with Crippen LogP contribution in [0.5, 0.6) is 0 Å². The Morgan fingerprint density at radius 2 is 2.11 bits per heavy atom. The predicted octanol–water partition coefficient (Wildman–Crippen LogP) is 2.85. The number of carbonyl (C=O) groups excluding carboxylic acids is 1. The Morgan fingerprint density at radius 1 is 1.42 bits per heavy atom. The number of ether oxygens (including phenoxy) is 1. The molecule has 0 spiro atoms. The van der Waals surface area contributed by atoms with Crippen LogP contribution in [0.2, 0.25) is 0 Å². The zero-order valence-corrected chi connectivity index (χ0v) is 12.1. The minimum atomic E-state index is -0.266. The van der Waals surface area contributed by atoms with Crippen molar-refractivity contribution in [1.29, 1.82) is 0 Å². The van der Waals surface area contributed by atoms with Gasteiger partial charge in [0.2, 0.25) is 5.91 Å². The van der Waals surface area contributed by atoms with Gasteiger partial charge in [-0.05, 0) is 44.5 Å². The first-order chi connectivity index (χ1) is 9.13. The lowest BCUT2D eigenvalue weighted by molar-refractivity contribution is -0.120. The third-order valence-electron chi connectivity index (χ3n) is 2.46. The Balaban J connectivity index is 2.26. The number of amides is 1. The molecule has 1 amide bonds. The lowest BCUT2D eigenvalue weighted by Crippen LogP contribution is -2.32. The third-order valence-corrected chi connectivity index (χ3v) is 3.58. The summed E-state index contributed by atoms with van der Waals surface area (Å²) in [6.45, 7) is 5.76. The summed E-state index contributed by atoms with van der Waals surface area (Å²) in [5.41, 5.74) is 0. The molecule has 1 atom stereocenters. The van der Waals surface area contributed by atoms with Crippen LogP contribution in [0.3, 0.4) is 0 Å². The summed E-state index contributed by atoms with van der Waals surface area (Å²) in [4.78, 5) is 12.7. The molecular weight excluding hydrogens is 265 g/mol. The molecule has 0 saturated heterocycles. The molecule has 1 unspecified atom stereocenters. The van der Waals surface area contributed by atoms with Crippen LogP contribution >= 0.6 is 11.8 Å². The number of thioether (sulfide) groups is 1. The SMILES string of the molecule is CCOCCCNC(=O)C(C)Sc1ccc(F)cc1. The van der Waals surface area contributed by atoms with Crippen LogP contribution < -0.4 is 5.32 Å². The molecule has 0 fully saturated rings. The summed E-state index contributed by atoms with van der Waals surface area (Å²) in [5, 5.41) is 2.66. The van der Waals surface area contributed by atoms with E-state index in [0.717, 1.165) is 11.3 Å². The average molecular weight is 285 g/mol. The highest BCUT2D eigenvalue weighted by molar-refractivity contribution is 8.00. The van der Waals surface area contributed by atoms with Crippen molar-refractivity contribution in [1.82, 2.24) is 5.32 Å². The summed E-state index contributed by atoms with van der Waals surface area (Å²) in [6.07, 6.45) is 0.813. The predicted molar refractivity (Wildman–Crippen MR) is 75.8 cm³/mol. The zero-order valence-electron chi connectivity index (χ0n) is 11.3. The van der Waals surface area contributed by atoms with E-state index in [1.807, 2.05) is 13.8 Å². The standard InChI is InChI=1S/C14H20FNO2S/c1-3-18-10-4-9-16-14(17)11(2)19-13-7-5-12(15)6-8-13/h5-8,11H,3-4,9-10H2,1-2H3,(H,16,17). The van der Waals surface area contributed by atoms with Crippen molar-refractivity contribution in [3.63, 3.8) is 0 Å². The molecule has 0 saturated carbocycles. The van der Waals surface area contributed by atoms with Crippen molar-refractivity contribution >= 4 is 17.7 Å². The highest BCUT2D eigenvalue weighted by atomic mass is 32.2. The lowest BCUT2D eigenvalue weighted by Gasteiger charge is -2.12. The average Bonchev–Trinajstić information content (AvgIpc) is 2.41. The zero-order chi connectivity index (χ0) is 14.1. The van der Waals surface area contributed by atoms with Gasteiger partial charge in [-0.25, -0.2) is 4.39 Å². The summed E-state index contributed by atoms with van der Waals surface area (Å²) in [5.74, 6) is -0.275. The first-order valence-corrected chi connectivity index (χ1v) is 7.29. The van der Waals surface area contributed by atoms with E-state index in [9.17, 15) is 9.18 Å². The van der Waals surface area contributed by atoms with Crippen molar-refractivity contribution in [2.24, 2.45) is 0 Å². The molecule has 0 aliphatic heterocycles. The minimum absolute atomic E-state index is 0.00850. The van der Waals surface area contributed by atoms with Crippen LogP contribution in [-0.2, 0) is 9.53 Å². The van der Waals surface area contributed by atoms with Gasteiger partial charge in [-0.2, -0.15) is 0 Å². The van der Waals surface area contributed by atoms with E-state index >= 15 is 0 Å². The van der Waals surface area contributed by atoms with Gasteiger partial charge in [-0.3, -0.25) is 4.79 Å². The fourth-order valence-corrected chi connectivity index (χ4v) is 2.34. The maximum Gasteiger partial charge on any atom is 0.233 e. The second kappa shape index (κ2) is 8.93. The molecule has 0 radical (unpaired) electrons. The normalized spacial score (nSPS) is 12.2. The largest absolute Gasteiger partial charge is 0.382 e. The second-order valence-corrected chi connectivity index (χ2v) is 5.47. The van der Waals surface area contributed by atoms with E-state index in [1.165, 1.54) is 23.9 Å². The van der Waals surface area contributed by atoms with Crippen molar-refractivity contribution in [3.8, 4) is 0 Å². The van der Waals surface area contributed by atoms with Gasteiger partial charge in [0.1, 0.15) is 5.82 Å². The van der Waals surface area contributed by atoms with Crippen molar-refractivity contribution in [2.45, 2.75) is 30.4 Å². The van der Waals surface area contributed by atoms with Gasteiger partial charge in [-0.15, -0.1) is 11.8 Å². The van der Waals surface area contributed by atoms with Crippen LogP contribution in [0.15, 0.2) is 29.2 Å². The Morgan fingerprint density at radius 3 is 2.74 bits per heavy atom. The highest BCUT2D eigenvalue weighted by Gasteiger charge is 2.13. The summed E-state index contributed by atoms with van der Waals surface area (Å²) in [7, 11) is 0. The highest BCUT2D eigenvalue weighted by Crippen LogP contribution is 2.23. The van der Waals surface area contributed by atoms with Crippen LogP contribution in [0.1, 0.15) is 20.3 Å². The molecule has 0 heterocycles. The topological polar surface area (TPSA) is 38.3 Å². The summed E-state index contributed by atoms with van der Waals surface area (Å²) in [6, 6.07) is 6.15. The smallest absolute Gasteiger partial charge is 0.233 e. The van der Waals surface area contributed by atoms with Gasteiger partial charge >= 0.3 is 0 Å². The van der Waals surface area contributed by atoms with Gasteiger partial charge in [0.05, 0.1) is 5.25 Å². The van der Waals surface area contributed by atoms with E-state index in [4.69, 9.17) is 4.74 Å². The van der Waals surface area contributed by atoms with Crippen molar-refractivity contribution in [3.05, 3.63) is 30.1 Å². The van der Waals surface area contributed by atoms with Crippen LogP contribution in [0, 0.1) is 5.82 Å². The molecule has 1 rings (SSSR count). The minimum Gasteiger partial charge on any atom is -0.382 e. The first kappa shape index (κ1) is 16.0. The van der Waals surface area contributed by atoms with E-state index in [0.29, 0.717) is 19.8 Å². The maximum atomic E-state index is 12.8. The molecule has 0 aliphatic rings. The number of halogens is 1. The monoisotopic (exact) mass is 285 g/mol. The third kappa shape index (κ3) is 6.59. The molecule has 1 aromatic carbocycles. The molecule has 1 aromatic rings. The van der Waals surface area contributed by atoms with Crippen LogP contribution in [0.4, 0.5) is 4.39 Å². The Labute approximate surface area is 117 Å². The van der Waals surface area contributed by atoms with Crippen LogP contribution in [0.25, 0.3) is 0 Å². The summed E-state index contributed by atoms with van der Waals surface area (Å²) < 4.78 is 17.9. The Bertz CT molecular complexity index is 384. The van der Waals surface area contributed by atoms with Gasteiger partial charge in [0.25, 0.3) is 0 Å². The van der Waals surface area contributed by atoms with E-state index in [1.54, 1.807) is 12.1 Å². The van der Waals surface area contributed by atoms with Gasteiger partial charge < -0.3 is 10.1 Å². The number of hydrogen-bond donors (Lipinski definition) is 1. The fraction of sp³-hybridized carbons (Fsp3) is 0.500. The molecule has 19 heavy (non-hydrogen) atoms. The first-order valence-electron chi connectivity index (χ1n) is 6.41. The fourth-order valence-electron chi connectivity index (χ4n) is 1.44. The molecule has 106 valence electrons. The number of rotatable bonds is 8. The molecule has 0 aromatic heterocycles. The van der Waals surface area contributed by atoms with E-state index in [2.05, 4.69) is 5.32 Å². The number of nitrogens with one attached hydrogen (secondary N) is 1. The second-order valence-electron chi connectivity index (χ2n) is 4.06. The van der Waals surface area contributed by atoms with E-state index in [-0.39, 0.29) is 17.0 Å². The van der Waals surface area contributed by atoms with E-state index < -0.39 is 0 Å². The molecular formula is C14H20FNO2S. The van der Waals surface area contributed by atoms with Gasteiger partial charge in [-0.1, -0.05) is 0 Å². The molecule has 1 N–H and O–H groups in total.